The molecule has 0 aliphatic carbocycles. The second-order valence-corrected chi connectivity index (χ2v) is 5.77. The number of hydrogen-bond donors (Lipinski definition) is 0. The van der Waals surface area contributed by atoms with E-state index in [1.54, 1.807) is 6.07 Å². The number of nitrogens with zero attached hydrogens (tertiary/aromatic N) is 3. The molecule has 1 fully saturated rings. The van der Waals surface area contributed by atoms with Gasteiger partial charge < -0.3 is 9.30 Å². The van der Waals surface area contributed by atoms with E-state index in [0.717, 1.165) is 42.9 Å². The fraction of sp³-hybridized carbons (Fsp3) is 0.467. The molecule has 0 bridgehead atoms. The van der Waals surface area contributed by atoms with Crippen LogP contribution in [0.5, 0.6) is 0 Å². The van der Waals surface area contributed by atoms with E-state index < -0.39 is 0 Å². The van der Waals surface area contributed by atoms with Crippen molar-refractivity contribution in [3.8, 4) is 6.07 Å². The lowest BCUT2D eigenvalue weighted by molar-refractivity contribution is 0.0972. The van der Waals surface area contributed by atoms with Crippen LogP contribution in [0.1, 0.15) is 36.5 Å². The van der Waals surface area contributed by atoms with E-state index in [1.165, 1.54) is 0 Å². The van der Waals surface area contributed by atoms with E-state index in [9.17, 15) is 5.26 Å². The SMILES string of the molecule is CC(Cl)c1nc2c(C#N)cccc2n1CC1CCCO1. The zero-order valence-corrected chi connectivity index (χ0v) is 12.1. The Kier molecular flexibility index (Phi) is 3.64. The molecule has 0 radical (unpaired) electrons. The molecule has 1 aromatic carbocycles. The second kappa shape index (κ2) is 5.43. The Morgan fingerprint density at radius 2 is 2.45 bits per heavy atom. The Morgan fingerprint density at radius 3 is 3.10 bits per heavy atom. The van der Waals surface area contributed by atoms with Gasteiger partial charge in [0.05, 0.1) is 29.1 Å². The molecule has 5 heteroatoms. The maximum absolute atomic E-state index is 9.20. The molecule has 20 heavy (non-hydrogen) atoms. The van der Waals surface area contributed by atoms with Gasteiger partial charge in [-0.25, -0.2) is 4.98 Å². The molecule has 2 unspecified atom stereocenters. The number of para-hydroxylation sites is 1. The van der Waals surface area contributed by atoms with Gasteiger partial charge in [-0.1, -0.05) is 6.07 Å². The van der Waals surface area contributed by atoms with Crippen LogP contribution in [0, 0.1) is 11.3 Å². The van der Waals surface area contributed by atoms with E-state index in [4.69, 9.17) is 16.3 Å². The van der Waals surface area contributed by atoms with Gasteiger partial charge in [-0.15, -0.1) is 11.6 Å². The molecular formula is C15H16ClN3O. The lowest BCUT2D eigenvalue weighted by atomic mass is 10.2. The molecule has 0 spiro atoms. The Bertz CT molecular complexity index is 666. The summed E-state index contributed by atoms with van der Waals surface area (Å²) < 4.78 is 7.81. The molecule has 1 aromatic heterocycles. The number of nitriles is 1. The van der Waals surface area contributed by atoms with Crippen molar-refractivity contribution < 1.29 is 4.74 Å². The highest BCUT2D eigenvalue weighted by Crippen LogP contribution is 2.28. The van der Waals surface area contributed by atoms with Crippen LogP contribution in [0.25, 0.3) is 11.0 Å². The third kappa shape index (κ3) is 2.28. The Hall–Kier alpha value is -1.57. The summed E-state index contributed by atoms with van der Waals surface area (Å²) in [6.07, 6.45) is 2.38. The predicted octanol–water partition coefficient (Wildman–Crippen LogP) is 3.39. The van der Waals surface area contributed by atoms with E-state index in [1.807, 2.05) is 19.1 Å². The average Bonchev–Trinajstić information content (AvgIpc) is 3.07. The van der Waals surface area contributed by atoms with Crippen LogP contribution in [-0.4, -0.2) is 22.3 Å². The number of rotatable bonds is 3. The first-order valence-corrected chi connectivity index (χ1v) is 7.29. The first kappa shape index (κ1) is 13.4. The lowest BCUT2D eigenvalue weighted by Crippen LogP contribution is -2.17. The lowest BCUT2D eigenvalue weighted by Gasteiger charge is -2.15. The minimum absolute atomic E-state index is 0.199. The van der Waals surface area contributed by atoms with Crippen molar-refractivity contribution in [2.75, 3.05) is 6.61 Å². The Labute approximate surface area is 122 Å². The van der Waals surface area contributed by atoms with Gasteiger partial charge in [0, 0.05) is 6.61 Å². The topological polar surface area (TPSA) is 50.8 Å². The number of halogens is 1. The maximum atomic E-state index is 9.20. The summed E-state index contributed by atoms with van der Waals surface area (Å²) in [4.78, 5) is 4.58. The highest BCUT2D eigenvalue weighted by molar-refractivity contribution is 6.20. The average molecular weight is 290 g/mol. The predicted molar refractivity (Wildman–Crippen MR) is 77.7 cm³/mol. The van der Waals surface area contributed by atoms with Crippen LogP contribution in [0.2, 0.25) is 0 Å². The summed E-state index contributed by atoms with van der Waals surface area (Å²) in [5.74, 6) is 0.805. The normalized spacial score (nSPS) is 20.1. The Balaban J connectivity index is 2.12. The number of alkyl halides is 1. The highest BCUT2D eigenvalue weighted by atomic mass is 35.5. The summed E-state index contributed by atoms with van der Waals surface area (Å²) in [6.45, 7) is 3.48. The molecule has 2 atom stereocenters. The molecule has 2 heterocycles. The zero-order chi connectivity index (χ0) is 14.1. The molecular weight excluding hydrogens is 274 g/mol. The maximum Gasteiger partial charge on any atom is 0.127 e. The van der Waals surface area contributed by atoms with Crippen molar-refractivity contribution >= 4 is 22.6 Å². The third-order valence-corrected chi connectivity index (χ3v) is 3.89. The van der Waals surface area contributed by atoms with Gasteiger partial charge in [-0.05, 0) is 31.9 Å². The zero-order valence-electron chi connectivity index (χ0n) is 11.3. The number of benzene rings is 1. The first-order valence-electron chi connectivity index (χ1n) is 6.85. The van der Waals surface area contributed by atoms with Gasteiger partial charge >= 0.3 is 0 Å². The molecule has 104 valence electrons. The quantitative estimate of drug-likeness (QED) is 0.814. The fourth-order valence-electron chi connectivity index (χ4n) is 2.74. The van der Waals surface area contributed by atoms with E-state index >= 15 is 0 Å². The van der Waals surface area contributed by atoms with Crippen molar-refractivity contribution in [3.63, 3.8) is 0 Å². The number of aromatic nitrogens is 2. The molecule has 1 aliphatic heterocycles. The molecule has 4 nitrogen and oxygen atoms in total. The summed E-state index contributed by atoms with van der Waals surface area (Å²) in [6, 6.07) is 7.85. The van der Waals surface area contributed by atoms with Crippen molar-refractivity contribution in [1.82, 2.24) is 9.55 Å². The number of fused-ring (bicyclic) bond motifs is 1. The van der Waals surface area contributed by atoms with Crippen LogP contribution in [0.3, 0.4) is 0 Å². The van der Waals surface area contributed by atoms with Crippen LogP contribution >= 0.6 is 11.6 Å². The summed E-state index contributed by atoms with van der Waals surface area (Å²) in [7, 11) is 0. The third-order valence-electron chi connectivity index (χ3n) is 3.69. The summed E-state index contributed by atoms with van der Waals surface area (Å²) >= 11 is 6.25. The van der Waals surface area contributed by atoms with Crippen molar-refractivity contribution in [2.45, 2.75) is 37.8 Å². The molecule has 2 aromatic rings. The van der Waals surface area contributed by atoms with Crippen molar-refractivity contribution in [1.29, 1.82) is 5.26 Å². The van der Waals surface area contributed by atoms with E-state index in [0.29, 0.717) is 5.56 Å². The number of ether oxygens (including phenoxy) is 1. The first-order chi connectivity index (χ1) is 9.70. The van der Waals surface area contributed by atoms with Gasteiger partial charge in [-0.2, -0.15) is 5.26 Å². The highest BCUT2D eigenvalue weighted by Gasteiger charge is 2.22. The fourth-order valence-corrected chi connectivity index (χ4v) is 2.91. The molecule has 0 N–H and O–H groups in total. The minimum atomic E-state index is -0.199. The van der Waals surface area contributed by atoms with Crippen LogP contribution < -0.4 is 0 Å². The summed E-state index contributed by atoms with van der Waals surface area (Å²) in [5, 5.41) is 9.00. The summed E-state index contributed by atoms with van der Waals surface area (Å²) in [5.41, 5.74) is 2.28. The molecule has 0 amide bonds. The monoisotopic (exact) mass is 289 g/mol. The molecule has 1 saturated heterocycles. The minimum Gasteiger partial charge on any atom is -0.376 e. The van der Waals surface area contributed by atoms with Crippen LogP contribution in [-0.2, 0) is 11.3 Å². The molecule has 1 aliphatic rings. The van der Waals surface area contributed by atoms with Gasteiger partial charge in [0.25, 0.3) is 0 Å². The number of hydrogen-bond acceptors (Lipinski definition) is 3. The van der Waals surface area contributed by atoms with E-state index in [-0.39, 0.29) is 11.5 Å². The Morgan fingerprint density at radius 1 is 1.60 bits per heavy atom. The standard InChI is InChI=1S/C15H16ClN3O/c1-10(16)15-18-14-11(8-17)4-2-6-13(14)19(15)9-12-5-3-7-20-12/h2,4,6,10,12H,3,5,7,9H2,1H3. The van der Waals surface area contributed by atoms with Gasteiger partial charge in [-0.3, -0.25) is 0 Å². The largest absolute Gasteiger partial charge is 0.376 e. The van der Waals surface area contributed by atoms with Crippen molar-refractivity contribution in [2.24, 2.45) is 0 Å². The van der Waals surface area contributed by atoms with Crippen LogP contribution in [0.15, 0.2) is 18.2 Å². The smallest absolute Gasteiger partial charge is 0.127 e. The number of imidazole rings is 1. The van der Waals surface area contributed by atoms with Crippen LogP contribution in [0.4, 0.5) is 0 Å². The molecule has 0 saturated carbocycles. The van der Waals surface area contributed by atoms with Gasteiger partial charge in [0.1, 0.15) is 17.4 Å². The molecule has 3 rings (SSSR count). The van der Waals surface area contributed by atoms with Gasteiger partial charge in [0.15, 0.2) is 0 Å². The van der Waals surface area contributed by atoms with E-state index in [2.05, 4.69) is 15.6 Å². The van der Waals surface area contributed by atoms with Gasteiger partial charge in [0.2, 0.25) is 0 Å². The second-order valence-electron chi connectivity index (χ2n) is 5.12. The van der Waals surface area contributed by atoms with Crippen molar-refractivity contribution in [3.05, 3.63) is 29.6 Å².